The van der Waals surface area contributed by atoms with Crippen LogP contribution < -0.4 is 10.6 Å². The molecule has 2 unspecified atom stereocenters. The zero-order valence-electron chi connectivity index (χ0n) is 18.7. The molecule has 0 saturated carbocycles. The van der Waals surface area contributed by atoms with Gasteiger partial charge >= 0.3 is 0 Å². The summed E-state index contributed by atoms with van der Waals surface area (Å²) in [6.07, 6.45) is 5.32. The quantitative estimate of drug-likeness (QED) is 0.576. The summed E-state index contributed by atoms with van der Waals surface area (Å²) in [5.74, 6) is -0.535. The molecule has 3 saturated heterocycles. The molecule has 3 aliphatic rings. The molecule has 0 radical (unpaired) electrons. The van der Waals surface area contributed by atoms with Crippen LogP contribution in [0.3, 0.4) is 0 Å². The SMILES string of the molecule is CO[C@@H]1COC2C1OC[C@H]2OCCOC1CCN(c2cncc3ccc(C(N)=O)nc23)CC1. The van der Waals surface area contributed by atoms with E-state index < -0.39 is 5.91 Å². The van der Waals surface area contributed by atoms with Crippen LogP contribution >= 0.6 is 0 Å². The average Bonchev–Trinajstić information content (AvgIpc) is 3.44. The zero-order valence-corrected chi connectivity index (χ0v) is 18.7. The second-order valence-electron chi connectivity index (χ2n) is 8.63. The summed E-state index contributed by atoms with van der Waals surface area (Å²) in [4.78, 5) is 22.6. The van der Waals surface area contributed by atoms with E-state index in [1.54, 1.807) is 25.6 Å². The van der Waals surface area contributed by atoms with E-state index in [0.29, 0.717) is 26.4 Å². The first kappa shape index (κ1) is 22.4. The minimum Gasteiger partial charge on any atom is -0.376 e. The van der Waals surface area contributed by atoms with Crippen LogP contribution in [-0.2, 0) is 23.7 Å². The fourth-order valence-corrected chi connectivity index (χ4v) is 4.85. The summed E-state index contributed by atoms with van der Waals surface area (Å²) in [6.45, 7) is 3.75. The van der Waals surface area contributed by atoms with Crippen molar-refractivity contribution in [3.63, 3.8) is 0 Å². The average molecular weight is 459 g/mol. The molecule has 3 fully saturated rings. The van der Waals surface area contributed by atoms with Gasteiger partial charge in [0.2, 0.25) is 0 Å². The molecule has 4 atom stereocenters. The van der Waals surface area contributed by atoms with Crippen LogP contribution in [0.2, 0.25) is 0 Å². The van der Waals surface area contributed by atoms with E-state index in [4.69, 9.17) is 29.4 Å². The largest absolute Gasteiger partial charge is 0.376 e. The summed E-state index contributed by atoms with van der Waals surface area (Å²) < 4.78 is 29.0. The number of hydrogen-bond donors (Lipinski definition) is 1. The van der Waals surface area contributed by atoms with Gasteiger partial charge < -0.3 is 34.3 Å². The molecule has 0 aliphatic carbocycles. The molecule has 5 heterocycles. The molecular weight excluding hydrogens is 428 g/mol. The maximum atomic E-state index is 11.6. The molecule has 3 aliphatic heterocycles. The minimum atomic E-state index is -0.535. The smallest absolute Gasteiger partial charge is 0.267 e. The highest BCUT2D eigenvalue weighted by Gasteiger charge is 2.48. The topological polar surface area (TPSA) is 118 Å². The highest BCUT2D eigenvalue weighted by atomic mass is 16.6. The van der Waals surface area contributed by atoms with Crippen molar-refractivity contribution in [2.75, 3.05) is 51.5 Å². The summed E-state index contributed by atoms with van der Waals surface area (Å²) in [5, 5.41) is 0.884. The Morgan fingerprint density at radius 2 is 1.82 bits per heavy atom. The number of carbonyl (C=O) groups is 1. The number of carbonyl (C=O) groups excluding carboxylic acids is 1. The molecule has 0 spiro atoms. The number of methoxy groups -OCH3 is 1. The Kier molecular flexibility index (Phi) is 6.70. The number of rotatable bonds is 8. The van der Waals surface area contributed by atoms with Gasteiger partial charge in [-0.2, -0.15) is 0 Å². The highest BCUT2D eigenvalue weighted by molar-refractivity contribution is 5.96. The Balaban J connectivity index is 1.09. The number of amides is 1. The molecular formula is C23H30N4O6. The van der Waals surface area contributed by atoms with Gasteiger partial charge in [0.15, 0.2) is 0 Å². The zero-order chi connectivity index (χ0) is 22.8. The fourth-order valence-electron chi connectivity index (χ4n) is 4.85. The lowest BCUT2D eigenvalue weighted by Crippen LogP contribution is -2.38. The Morgan fingerprint density at radius 1 is 1.09 bits per heavy atom. The van der Waals surface area contributed by atoms with Crippen LogP contribution in [0.25, 0.3) is 10.9 Å². The molecule has 1 amide bonds. The lowest BCUT2D eigenvalue weighted by Gasteiger charge is -2.33. The number of piperidine rings is 1. The Bertz CT molecular complexity index is 983. The van der Waals surface area contributed by atoms with E-state index in [1.165, 1.54) is 0 Å². The van der Waals surface area contributed by atoms with Gasteiger partial charge in [-0.1, -0.05) is 0 Å². The maximum absolute atomic E-state index is 11.6. The van der Waals surface area contributed by atoms with Crippen molar-refractivity contribution >= 4 is 22.5 Å². The van der Waals surface area contributed by atoms with Crippen molar-refractivity contribution in [3.05, 3.63) is 30.2 Å². The van der Waals surface area contributed by atoms with Gasteiger partial charge in [0.1, 0.15) is 30.1 Å². The third kappa shape index (κ3) is 4.67. The van der Waals surface area contributed by atoms with Gasteiger partial charge in [0, 0.05) is 31.8 Å². The summed E-state index contributed by atoms with van der Waals surface area (Å²) in [5.41, 5.74) is 7.33. The van der Waals surface area contributed by atoms with Crippen molar-refractivity contribution in [2.45, 2.75) is 43.4 Å². The number of aromatic nitrogens is 2. The minimum absolute atomic E-state index is 0.0143. The van der Waals surface area contributed by atoms with Crippen LogP contribution in [0.1, 0.15) is 23.3 Å². The molecule has 0 aromatic carbocycles. The van der Waals surface area contributed by atoms with Gasteiger partial charge in [0.25, 0.3) is 5.91 Å². The Morgan fingerprint density at radius 3 is 2.58 bits per heavy atom. The third-order valence-corrected chi connectivity index (χ3v) is 6.65. The Hall–Kier alpha value is -2.37. The predicted molar refractivity (Wildman–Crippen MR) is 119 cm³/mol. The number of pyridine rings is 2. The van der Waals surface area contributed by atoms with E-state index >= 15 is 0 Å². The third-order valence-electron chi connectivity index (χ3n) is 6.65. The van der Waals surface area contributed by atoms with E-state index in [9.17, 15) is 4.79 Å². The number of primary amides is 1. The van der Waals surface area contributed by atoms with Crippen molar-refractivity contribution < 1.29 is 28.5 Å². The van der Waals surface area contributed by atoms with Gasteiger partial charge in [0.05, 0.1) is 49.9 Å². The van der Waals surface area contributed by atoms with Crippen molar-refractivity contribution in [3.8, 4) is 0 Å². The number of anilines is 1. The first-order valence-corrected chi connectivity index (χ1v) is 11.4. The first-order valence-electron chi connectivity index (χ1n) is 11.4. The van der Waals surface area contributed by atoms with Gasteiger partial charge in [-0.05, 0) is 25.0 Å². The fraction of sp³-hybridized carbons (Fsp3) is 0.609. The number of ether oxygens (including phenoxy) is 5. The molecule has 178 valence electrons. The summed E-state index contributed by atoms with van der Waals surface area (Å²) in [7, 11) is 1.68. The van der Waals surface area contributed by atoms with E-state index in [2.05, 4.69) is 14.9 Å². The van der Waals surface area contributed by atoms with Gasteiger partial charge in [-0.3, -0.25) is 9.78 Å². The van der Waals surface area contributed by atoms with E-state index in [1.807, 2.05) is 6.07 Å². The maximum Gasteiger partial charge on any atom is 0.267 e. The predicted octanol–water partition coefficient (Wildman–Crippen LogP) is 0.912. The van der Waals surface area contributed by atoms with Crippen LogP contribution in [-0.4, -0.2) is 93.0 Å². The molecule has 0 bridgehead atoms. The first-order chi connectivity index (χ1) is 16.1. The second-order valence-corrected chi connectivity index (χ2v) is 8.63. The summed E-state index contributed by atoms with van der Waals surface area (Å²) >= 11 is 0. The van der Waals surface area contributed by atoms with Crippen LogP contribution in [0.15, 0.2) is 24.5 Å². The van der Waals surface area contributed by atoms with Crippen LogP contribution in [0.4, 0.5) is 5.69 Å². The molecule has 5 rings (SSSR count). The van der Waals surface area contributed by atoms with Gasteiger partial charge in [-0.25, -0.2) is 4.98 Å². The lowest BCUT2D eigenvalue weighted by molar-refractivity contribution is -0.0670. The molecule has 10 nitrogen and oxygen atoms in total. The number of nitrogens with zero attached hydrogens (tertiary/aromatic N) is 3. The summed E-state index contributed by atoms with van der Waals surface area (Å²) in [6, 6.07) is 3.46. The second kappa shape index (κ2) is 9.86. The number of fused-ring (bicyclic) bond motifs is 2. The molecule has 2 aromatic rings. The van der Waals surface area contributed by atoms with Crippen LogP contribution in [0.5, 0.6) is 0 Å². The van der Waals surface area contributed by atoms with E-state index in [-0.39, 0.29) is 36.2 Å². The van der Waals surface area contributed by atoms with Gasteiger partial charge in [-0.15, -0.1) is 0 Å². The number of hydrogen-bond acceptors (Lipinski definition) is 9. The van der Waals surface area contributed by atoms with E-state index in [0.717, 1.165) is 42.5 Å². The standard InChI is InChI=1S/C23H30N4O6/c1-29-18-12-32-22-19(13-33-21(18)22)31-9-8-30-15-4-6-27(7-5-15)17-11-25-10-14-2-3-16(23(24)28)26-20(14)17/h2-3,10-11,15,18-19,21-22H,4-9,12-13H2,1H3,(H2,24,28)/t18-,19-,21?,22?/m1/s1. The molecule has 2 aromatic heterocycles. The molecule has 2 N–H and O–H groups in total. The monoisotopic (exact) mass is 458 g/mol. The molecule has 10 heteroatoms. The lowest BCUT2D eigenvalue weighted by atomic mass is 10.1. The molecule has 33 heavy (non-hydrogen) atoms. The Labute approximate surface area is 192 Å². The van der Waals surface area contributed by atoms with Crippen molar-refractivity contribution in [2.24, 2.45) is 5.73 Å². The van der Waals surface area contributed by atoms with Crippen molar-refractivity contribution in [1.29, 1.82) is 0 Å². The van der Waals surface area contributed by atoms with Crippen LogP contribution in [0, 0.1) is 0 Å². The normalized spacial score (nSPS) is 27.8. The number of nitrogens with two attached hydrogens (primary N) is 1. The highest BCUT2D eigenvalue weighted by Crippen LogP contribution is 2.30. The van der Waals surface area contributed by atoms with Crippen molar-refractivity contribution in [1.82, 2.24) is 9.97 Å².